The Bertz CT molecular complexity index is 1290. The lowest BCUT2D eigenvalue weighted by atomic mass is 9.91. The predicted molar refractivity (Wildman–Crippen MR) is 131 cm³/mol. The maximum absolute atomic E-state index is 8.99. The molecule has 0 fully saturated rings. The van der Waals surface area contributed by atoms with Crippen molar-refractivity contribution >= 4 is 11.6 Å². The monoisotopic (exact) mass is 452 g/mol. The SMILES string of the molecule is N#Cc1ccc(Cn2cnc(CC3Cc4ccccc4CN3Cc3cccc(Cl)c3)c2)cc1. The van der Waals surface area contributed by atoms with E-state index in [9.17, 15) is 0 Å². The van der Waals surface area contributed by atoms with Crippen molar-refractivity contribution in [2.24, 2.45) is 0 Å². The topological polar surface area (TPSA) is 44.9 Å². The van der Waals surface area contributed by atoms with Crippen LogP contribution in [-0.4, -0.2) is 20.5 Å². The largest absolute Gasteiger partial charge is 0.333 e. The quantitative estimate of drug-likeness (QED) is 0.381. The number of halogens is 1. The zero-order valence-corrected chi connectivity index (χ0v) is 19.1. The molecule has 4 aromatic rings. The lowest BCUT2D eigenvalue weighted by molar-refractivity contribution is 0.160. The number of nitriles is 1. The number of benzene rings is 3. The van der Waals surface area contributed by atoms with Gasteiger partial charge in [0.15, 0.2) is 0 Å². The van der Waals surface area contributed by atoms with Crippen LogP contribution in [-0.2, 0) is 32.5 Å². The summed E-state index contributed by atoms with van der Waals surface area (Å²) in [4.78, 5) is 7.26. The smallest absolute Gasteiger partial charge is 0.0991 e. The van der Waals surface area contributed by atoms with Gasteiger partial charge in [0.2, 0.25) is 0 Å². The molecule has 5 heteroatoms. The third kappa shape index (κ3) is 5.17. The Morgan fingerprint density at radius 2 is 1.76 bits per heavy atom. The Hall–Kier alpha value is -3.39. The van der Waals surface area contributed by atoms with Crippen molar-refractivity contribution in [2.45, 2.75) is 38.5 Å². The molecule has 0 aliphatic carbocycles. The number of fused-ring (bicyclic) bond motifs is 1. The van der Waals surface area contributed by atoms with Crippen molar-refractivity contribution in [3.63, 3.8) is 0 Å². The van der Waals surface area contributed by atoms with Crippen molar-refractivity contribution in [3.8, 4) is 6.07 Å². The average molecular weight is 453 g/mol. The van der Waals surface area contributed by atoms with Crippen LogP contribution >= 0.6 is 11.6 Å². The fraction of sp³-hybridized carbons (Fsp3) is 0.214. The molecule has 1 aliphatic heterocycles. The first-order valence-electron chi connectivity index (χ1n) is 11.2. The van der Waals surface area contributed by atoms with Gasteiger partial charge in [-0.05, 0) is 52.9 Å². The van der Waals surface area contributed by atoms with E-state index in [-0.39, 0.29) is 0 Å². The second-order valence-electron chi connectivity index (χ2n) is 8.71. The van der Waals surface area contributed by atoms with Crippen LogP contribution in [0.15, 0.2) is 85.3 Å². The summed E-state index contributed by atoms with van der Waals surface area (Å²) in [7, 11) is 0. The molecule has 0 bridgehead atoms. The molecule has 1 atom stereocenters. The molecule has 1 aliphatic rings. The van der Waals surface area contributed by atoms with Gasteiger partial charge < -0.3 is 4.57 Å². The number of hydrogen-bond donors (Lipinski definition) is 0. The number of rotatable bonds is 6. The van der Waals surface area contributed by atoms with Crippen LogP contribution in [0.5, 0.6) is 0 Å². The van der Waals surface area contributed by atoms with Gasteiger partial charge in [0.1, 0.15) is 0 Å². The van der Waals surface area contributed by atoms with E-state index in [4.69, 9.17) is 21.8 Å². The second kappa shape index (κ2) is 9.62. The molecular formula is C28H25ClN4. The number of aromatic nitrogens is 2. The first-order chi connectivity index (χ1) is 16.2. The van der Waals surface area contributed by atoms with E-state index in [2.05, 4.69) is 58.1 Å². The molecule has 0 saturated heterocycles. The van der Waals surface area contributed by atoms with Crippen molar-refractivity contribution < 1.29 is 0 Å². The molecular weight excluding hydrogens is 428 g/mol. The zero-order chi connectivity index (χ0) is 22.6. The van der Waals surface area contributed by atoms with Gasteiger partial charge in [0.05, 0.1) is 23.7 Å². The Balaban J connectivity index is 1.33. The van der Waals surface area contributed by atoms with Crippen LogP contribution in [0.3, 0.4) is 0 Å². The summed E-state index contributed by atoms with van der Waals surface area (Å²) in [6.45, 7) is 2.54. The van der Waals surface area contributed by atoms with Gasteiger partial charge in [-0.3, -0.25) is 4.90 Å². The predicted octanol–water partition coefficient (Wildman–Crippen LogP) is 5.63. The van der Waals surface area contributed by atoms with Crippen molar-refractivity contribution in [1.29, 1.82) is 5.26 Å². The summed E-state index contributed by atoms with van der Waals surface area (Å²) in [6, 6.07) is 27.2. The maximum Gasteiger partial charge on any atom is 0.0991 e. The normalized spacial score (nSPS) is 15.7. The van der Waals surface area contributed by atoms with Gasteiger partial charge >= 0.3 is 0 Å². The lowest BCUT2D eigenvalue weighted by Gasteiger charge is -2.37. The van der Waals surface area contributed by atoms with E-state index in [1.54, 1.807) is 0 Å². The standard InChI is InChI=1S/C28H25ClN4/c29-26-7-3-4-23(12-26)17-33-18-25-6-2-1-5-24(25)13-28(33)14-27-19-32(20-31-27)16-22-10-8-21(15-30)9-11-22/h1-12,19-20,28H,13-14,16-18H2. The highest BCUT2D eigenvalue weighted by Crippen LogP contribution is 2.27. The molecule has 0 spiro atoms. The molecule has 4 nitrogen and oxygen atoms in total. The first kappa shape index (κ1) is 21.5. The summed E-state index contributed by atoms with van der Waals surface area (Å²) in [5.41, 5.74) is 7.01. The highest BCUT2D eigenvalue weighted by molar-refractivity contribution is 6.30. The fourth-order valence-corrected chi connectivity index (χ4v) is 4.85. The third-order valence-electron chi connectivity index (χ3n) is 6.32. The van der Waals surface area contributed by atoms with Crippen molar-refractivity contribution in [3.05, 3.63) is 124 Å². The minimum absolute atomic E-state index is 0.372. The third-order valence-corrected chi connectivity index (χ3v) is 6.55. The van der Waals surface area contributed by atoms with Gasteiger partial charge in [-0.15, -0.1) is 0 Å². The van der Waals surface area contributed by atoms with E-state index < -0.39 is 0 Å². The first-order valence-corrected chi connectivity index (χ1v) is 11.6. The zero-order valence-electron chi connectivity index (χ0n) is 18.4. The van der Waals surface area contributed by atoms with Gasteiger partial charge in [-0.2, -0.15) is 5.26 Å². The molecule has 3 aromatic carbocycles. The van der Waals surface area contributed by atoms with Crippen LogP contribution in [0, 0.1) is 11.3 Å². The summed E-state index contributed by atoms with van der Waals surface area (Å²) in [5, 5.41) is 9.77. The number of imidazole rings is 1. The van der Waals surface area contributed by atoms with E-state index >= 15 is 0 Å². The highest BCUT2D eigenvalue weighted by atomic mass is 35.5. The number of hydrogen-bond acceptors (Lipinski definition) is 3. The molecule has 0 radical (unpaired) electrons. The summed E-state index contributed by atoms with van der Waals surface area (Å²) < 4.78 is 2.12. The molecule has 1 unspecified atom stereocenters. The Kier molecular flexibility index (Phi) is 6.26. The molecule has 1 aromatic heterocycles. The Morgan fingerprint density at radius 3 is 2.55 bits per heavy atom. The highest BCUT2D eigenvalue weighted by Gasteiger charge is 2.27. The summed E-state index contributed by atoms with van der Waals surface area (Å²) >= 11 is 6.25. The fourth-order valence-electron chi connectivity index (χ4n) is 4.63. The Labute approximate surface area is 199 Å². The van der Waals surface area contributed by atoms with Crippen molar-refractivity contribution in [2.75, 3.05) is 0 Å². The molecule has 2 heterocycles. The van der Waals surface area contributed by atoms with Gasteiger partial charge in [-0.25, -0.2) is 4.98 Å². The van der Waals surface area contributed by atoms with Gasteiger partial charge in [0, 0.05) is 43.3 Å². The lowest BCUT2D eigenvalue weighted by Crippen LogP contribution is -2.41. The minimum atomic E-state index is 0.372. The van der Waals surface area contributed by atoms with Crippen LogP contribution in [0.4, 0.5) is 0 Å². The van der Waals surface area contributed by atoms with Gasteiger partial charge in [0.25, 0.3) is 0 Å². The Morgan fingerprint density at radius 1 is 0.939 bits per heavy atom. The second-order valence-corrected chi connectivity index (χ2v) is 9.15. The van der Waals surface area contributed by atoms with E-state index in [1.165, 1.54) is 16.7 Å². The summed E-state index contributed by atoms with van der Waals surface area (Å²) in [6.07, 6.45) is 5.97. The molecule has 164 valence electrons. The molecule has 33 heavy (non-hydrogen) atoms. The molecule has 0 amide bonds. The van der Waals surface area contributed by atoms with Crippen molar-refractivity contribution in [1.82, 2.24) is 14.5 Å². The van der Waals surface area contributed by atoms with Crippen LogP contribution in [0.2, 0.25) is 5.02 Å². The van der Waals surface area contributed by atoms with E-state index in [1.807, 2.05) is 42.7 Å². The maximum atomic E-state index is 8.99. The van der Waals surface area contributed by atoms with Crippen LogP contribution in [0.25, 0.3) is 0 Å². The molecule has 5 rings (SSSR count). The van der Waals surface area contributed by atoms with Gasteiger partial charge in [-0.1, -0.05) is 60.1 Å². The van der Waals surface area contributed by atoms with E-state index in [0.717, 1.165) is 48.8 Å². The van der Waals surface area contributed by atoms with Crippen LogP contribution in [0.1, 0.15) is 33.5 Å². The average Bonchev–Trinajstić information content (AvgIpc) is 3.26. The minimum Gasteiger partial charge on any atom is -0.333 e. The molecule has 0 N–H and O–H groups in total. The summed E-state index contributed by atoms with van der Waals surface area (Å²) in [5.74, 6) is 0. The molecule has 0 saturated carbocycles. The number of nitrogens with zero attached hydrogens (tertiary/aromatic N) is 4. The van der Waals surface area contributed by atoms with E-state index in [0.29, 0.717) is 11.6 Å². The van der Waals surface area contributed by atoms with Crippen LogP contribution < -0.4 is 0 Å².